The van der Waals surface area contributed by atoms with Gasteiger partial charge in [0.25, 0.3) is 5.91 Å². The second kappa shape index (κ2) is 7.59. The molecule has 3 heterocycles. The first kappa shape index (κ1) is 21.2. The molecule has 0 saturated carbocycles. The quantitative estimate of drug-likeness (QED) is 0.714. The number of halogens is 1. The molecule has 30 heavy (non-hydrogen) atoms. The molecule has 1 aromatic heterocycles. The average Bonchev–Trinajstić information content (AvgIpc) is 2.93. The van der Waals surface area contributed by atoms with E-state index < -0.39 is 15.6 Å². The van der Waals surface area contributed by atoms with Crippen LogP contribution in [0.5, 0.6) is 0 Å². The molecule has 9 heteroatoms. The summed E-state index contributed by atoms with van der Waals surface area (Å²) in [5, 5.41) is 0.579. The van der Waals surface area contributed by atoms with Gasteiger partial charge in [-0.1, -0.05) is 11.6 Å². The van der Waals surface area contributed by atoms with Crippen LogP contribution >= 0.6 is 11.6 Å². The topological polar surface area (TPSA) is 83.5 Å². The lowest BCUT2D eigenvalue weighted by Gasteiger charge is -2.33. The van der Waals surface area contributed by atoms with E-state index in [9.17, 15) is 13.2 Å². The zero-order valence-electron chi connectivity index (χ0n) is 17.3. The first-order valence-electron chi connectivity index (χ1n) is 10.1. The van der Waals surface area contributed by atoms with E-state index in [0.29, 0.717) is 35.2 Å². The van der Waals surface area contributed by atoms with Gasteiger partial charge in [0.15, 0.2) is 5.82 Å². The first-order chi connectivity index (χ1) is 14.1. The van der Waals surface area contributed by atoms with Crippen LogP contribution in [0.2, 0.25) is 5.02 Å². The molecule has 0 aliphatic carbocycles. The van der Waals surface area contributed by atoms with E-state index in [0.717, 1.165) is 18.4 Å². The lowest BCUT2D eigenvalue weighted by Crippen LogP contribution is -2.41. The Balaban J connectivity index is 1.67. The predicted molar refractivity (Wildman–Crippen MR) is 116 cm³/mol. The minimum Gasteiger partial charge on any atom is -0.282 e. The van der Waals surface area contributed by atoms with Crippen LogP contribution < -0.4 is 4.90 Å². The molecule has 2 aromatic rings. The number of nitrogens with zero attached hydrogens (tertiary/aromatic N) is 4. The summed E-state index contributed by atoms with van der Waals surface area (Å²) in [6, 6.07) is 5.28. The molecule has 1 amide bonds. The maximum atomic E-state index is 13.2. The Morgan fingerprint density at radius 2 is 2.03 bits per heavy atom. The van der Waals surface area contributed by atoms with Crippen molar-refractivity contribution in [3.8, 4) is 0 Å². The maximum absolute atomic E-state index is 13.2. The molecule has 2 aliphatic rings. The van der Waals surface area contributed by atoms with Crippen molar-refractivity contribution in [1.29, 1.82) is 0 Å². The molecule has 1 saturated heterocycles. The summed E-state index contributed by atoms with van der Waals surface area (Å²) >= 11 is 6.17. The summed E-state index contributed by atoms with van der Waals surface area (Å²) in [6.45, 7) is 6.49. The highest BCUT2D eigenvalue weighted by molar-refractivity contribution is 7.89. The number of carbonyl (C=O) groups is 1. The van der Waals surface area contributed by atoms with Crippen molar-refractivity contribution in [2.24, 2.45) is 0 Å². The predicted octanol–water partition coefficient (Wildman–Crippen LogP) is 3.55. The number of piperidine rings is 1. The van der Waals surface area contributed by atoms with E-state index in [2.05, 4.69) is 4.98 Å². The van der Waals surface area contributed by atoms with Gasteiger partial charge in [0.2, 0.25) is 10.0 Å². The molecule has 1 unspecified atom stereocenters. The van der Waals surface area contributed by atoms with Crippen LogP contribution in [0.1, 0.15) is 61.1 Å². The number of anilines is 1. The highest BCUT2D eigenvalue weighted by Crippen LogP contribution is 2.42. The minimum absolute atomic E-state index is 0.0508. The molecule has 0 spiro atoms. The van der Waals surface area contributed by atoms with E-state index in [1.54, 1.807) is 36.4 Å². The largest absolute Gasteiger partial charge is 0.282 e. The Labute approximate surface area is 182 Å². The highest BCUT2D eigenvalue weighted by Gasteiger charge is 2.45. The van der Waals surface area contributed by atoms with Crippen LogP contribution in [0.4, 0.5) is 5.82 Å². The molecular weight excluding hydrogens is 424 g/mol. The average molecular weight is 449 g/mol. The number of benzene rings is 1. The van der Waals surface area contributed by atoms with Gasteiger partial charge in [0.1, 0.15) is 0 Å². The van der Waals surface area contributed by atoms with Gasteiger partial charge in [-0.05, 0) is 57.4 Å². The van der Waals surface area contributed by atoms with E-state index >= 15 is 0 Å². The standard InChI is InChI=1S/C21H25ClN4O3S/c1-4-30(28,29)25-9-5-6-14(13-25)18-11-23-12-19(24-18)26-20(27)16-8-7-15(22)10-17(16)21(26,2)3/h7-8,10-12,14H,4-6,9,13H2,1-3H3. The number of hydrogen-bond acceptors (Lipinski definition) is 5. The molecular formula is C21H25ClN4O3S. The van der Waals surface area contributed by atoms with Crippen molar-refractivity contribution >= 4 is 33.3 Å². The fraction of sp³-hybridized carbons (Fsp3) is 0.476. The van der Waals surface area contributed by atoms with Crippen molar-refractivity contribution in [3.05, 3.63) is 52.4 Å². The fourth-order valence-corrected chi connectivity index (χ4v) is 5.74. The smallest absolute Gasteiger partial charge is 0.260 e. The molecule has 4 rings (SSSR count). The van der Waals surface area contributed by atoms with Crippen molar-refractivity contribution in [1.82, 2.24) is 14.3 Å². The van der Waals surface area contributed by atoms with Gasteiger partial charge in [0.05, 0.1) is 23.2 Å². The van der Waals surface area contributed by atoms with Crippen LogP contribution in [0.15, 0.2) is 30.6 Å². The molecule has 0 N–H and O–H groups in total. The van der Waals surface area contributed by atoms with E-state index in [1.165, 1.54) is 4.31 Å². The third-order valence-electron chi connectivity index (χ3n) is 6.06. The molecule has 7 nitrogen and oxygen atoms in total. The van der Waals surface area contributed by atoms with Crippen molar-refractivity contribution in [2.45, 2.75) is 45.1 Å². The minimum atomic E-state index is -3.25. The lowest BCUT2D eigenvalue weighted by molar-refractivity contribution is 0.0981. The third kappa shape index (κ3) is 3.50. The summed E-state index contributed by atoms with van der Waals surface area (Å²) in [5.74, 6) is 0.357. The number of amides is 1. The van der Waals surface area contributed by atoms with Crippen LogP contribution in [-0.4, -0.2) is 47.4 Å². The maximum Gasteiger partial charge on any atom is 0.260 e. The van der Waals surface area contributed by atoms with Gasteiger partial charge in [0, 0.05) is 35.8 Å². The zero-order valence-corrected chi connectivity index (χ0v) is 18.9. The summed E-state index contributed by atoms with van der Waals surface area (Å²) in [6.07, 6.45) is 4.86. The first-order valence-corrected chi connectivity index (χ1v) is 12.1. The van der Waals surface area contributed by atoms with Gasteiger partial charge in [-0.2, -0.15) is 0 Å². The summed E-state index contributed by atoms with van der Waals surface area (Å²) in [4.78, 5) is 23.9. The zero-order chi connectivity index (χ0) is 21.7. The lowest BCUT2D eigenvalue weighted by atomic mass is 9.94. The second-order valence-electron chi connectivity index (χ2n) is 8.29. The van der Waals surface area contributed by atoms with Gasteiger partial charge in [-0.3, -0.25) is 14.7 Å². The van der Waals surface area contributed by atoms with Gasteiger partial charge in [-0.15, -0.1) is 0 Å². The van der Waals surface area contributed by atoms with Crippen molar-refractivity contribution in [3.63, 3.8) is 0 Å². The highest BCUT2D eigenvalue weighted by atomic mass is 35.5. The molecule has 1 aromatic carbocycles. The van der Waals surface area contributed by atoms with E-state index in [4.69, 9.17) is 16.6 Å². The Morgan fingerprint density at radius 1 is 1.27 bits per heavy atom. The van der Waals surface area contributed by atoms with Crippen LogP contribution in [0.3, 0.4) is 0 Å². The van der Waals surface area contributed by atoms with Gasteiger partial charge < -0.3 is 0 Å². The number of carbonyl (C=O) groups excluding carboxylic acids is 1. The van der Waals surface area contributed by atoms with E-state index in [-0.39, 0.29) is 17.6 Å². The third-order valence-corrected chi connectivity index (χ3v) is 8.15. The molecule has 0 bridgehead atoms. The van der Waals surface area contributed by atoms with Gasteiger partial charge in [-0.25, -0.2) is 17.7 Å². The van der Waals surface area contributed by atoms with Crippen LogP contribution in [-0.2, 0) is 15.6 Å². The molecule has 160 valence electrons. The van der Waals surface area contributed by atoms with Crippen LogP contribution in [0.25, 0.3) is 0 Å². The molecule has 1 fully saturated rings. The van der Waals surface area contributed by atoms with Crippen molar-refractivity contribution < 1.29 is 13.2 Å². The molecule has 1 atom stereocenters. The summed E-state index contributed by atoms with van der Waals surface area (Å²) in [7, 11) is -3.25. The van der Waals surface area contributed by atoms with E-state index in [1.807, 2.05) is 19.9 Å². The molecule has 2 aliphatic heterocycles. The monoisotopic (exact) mass is 448 g/mol. The Bertz CT molecular complexity index is 1100. The fourth-order valence-electron chi connectivity index (χ4n) is 4.39. The molecule has 0 radical (unpaired) electrons. The Kier molecular flexibility index (Phi) is 5.36. The number of hydrogen-bond donors (Lipinski definition) is 0. The van der Waals surface area contributed by atoms with Crippen LogP contribution in [0, 0.1) is 0 Å². The van der Waals surface area contributed by atoms with Gasteiger partial charge >= 0.3 is 0 Å². The van der Waals surface area contributed by atoms with Crippen molar-refractivity contribution in [2.75, 3.05) is 23.7 Å². The summed E-state index contributed by atoms with van der Waals surface area (Å²) < 4.78 is 26.2. The SMILES string of the molecule is CCS(=O)(=O)N1CCCC(c2cncc(N3C(=O)c4ccc(Cl)cc4C3(C)C)n2)C1. The second-order valence-corrected chi connectivity index (χ2v) is 11.0. The Hall–Kier alpha value is -2.03. The Morgan fingerprint density at radius 3 is 2.77 bits per heavy atom. The summed E-state index contributed by atoms with van der Waals surface area (Å²) in [5.41, 5.74) is 1.54. The number of aromatic nitrogens is 2. The number of sulfonamides is 1. The normalized spacial score (nSPS) is 21.7. The number of rotatable bonds is 4. The number of fused-ring (bicyclic) bond motifs is 1.